The molecule has 1 atom stereocenters. The number of aliphatic hydroxyl groups is 2. The SMILES string of the molecule is COCC(O)COF.FC(F)=C(F)F.FC(F)=C(F)F.OCC(F)(F)OCCCF. The summed E-state index contributed by atoms with van der Waals surface area (Å²) < 4.78 is 136. The molecule has 1 unspecified atom stereocenters. The molecular formula is C13H18F12O5. The van der Waals surface area contributed by atoms with Gasteiger partial charge >= 0.3 is 30.4 Å². The van der Waals surface area contributed by atoms with E-state index in [1.54, 1.807) is 0 Å². The fourth-order valence-electron chi connectivity index (χ4n) is 0.635. The minimum absolute atomic E-state index is 0.0738. The Hall–Kier alpha value is -1.56. The Bertz CT molecular complexity index is 386. The lowest BCUT2D eigenvalue weighted by molar-refractivity contribution is -0.257. The first-order chi connectivity index (χ1) is 13.7. The van der Waals surface area contributed by atoms with Gasteiger partial charge in [-0.3, -0.25) is 4.39 Å². The molecule has 0 amide bonds. The van der Waals surface area contributed by atoms with Crippen LogP contribution in [0.5, 0.6) is 0 Å². The fourth-order valence-corrected chi connectivity index (χ4v) is 0.635. The molecule has 0 radical (unpaired) electrons. The standard InChI is InChI=1S/C5H9F3O2.C4H9FO3.2C2F4/c6-2-1-3-10-5(7,8)4-9;1-7-2-4(6)3-8-5;2*3-1(4)2(5)6/h9H,1-4H2;4,6H,2-3H2,1H3;;. The van der Waals surface area contributed by atoms with Crippen LogP contribution in [-0.4, -0.2) is 62.6 Å². The highest BCUT2D eigenvalue weighted by Gasteiger charge is 2.27. The molecule has 0 heterocycles. The van der Waals surface area contributed by atoms with Crippen molar-refractivity contribution in [3.63, 3.8) is 0 Å². The molecule has 5 nitrogen and oxygen atoms in total. The van der Waals surface area contributed by atoms with Crippen molar-refractivity contribution in [2.75, 3.05) is 40.2 Å². The second-order valence-electron chi connectivity index (χ2n) is 4.11. The van der Waals surface area contributed by atoms with Gasteiger partial charge in [0.25, 0.3) is 0 Å². The number of halogens is 12. The van der Waals surface area contributed by atoms with Crippen LogP contribution in [0.1, 0.15) is 6.42 Å². The first kappa shape index (κ1) is 35.9. The van der Waals surface area contributed by atoms with Crippen molar-refractivity contribution < 1.29 is 77.4 Å². The van der Waals surface area contributed by atoms with Crippen LogP contribution in [0.25, 0.3) is 0 Å². The molecule has 17 heteroatoms. The molecule has 0 aromatic rings. The van der Waals surface area contributed by atoms with Crippen molar-refractivity contribution in [1.29, 1.82) is 0 Å². The second kappa shape index (κ2) is 23.7. The summed E-state index contributed by atoms with van der Waals surface area (Å²) in [6.07, 6.45) is -16.1. The summed E-state index contributed by atoms with van der Waals surface area (Å²) >= 11 is 0. The monoisotopic (exact) mass is 482 g/mol. The molecular weight excluding hydrogens is 464 g/mol. The van der Waals surface area contributed by atoms with Gasteiger partial charge in [-0.05, 0) is 10.9 Å². The average molecular weight is 482 g/mol. The summed E-state index contributed by atoms with van der Waals surface area (Å²) in [5.41, 5.74) is 0. The van der Waals surface area contributed by atoms with Crippen LogP contribution in [-0.2, 0) is 14.4 Å². The van der Waals surface area contributed by atoms with E-state index in [0.29, 0.717) is 0 Å². The highest BCUT2D eigenvalue weighted by Crippen LogP contribution is 2.13. The van der Waals surface area contributed by atoms with E-state index in [1.165, 1.54) is 7.11 Å². The Morgan fingerprint density at radius 2 is 1.27 bits per heavy atom. The zero-order chi connectivity index (χ0) is 24.8. The summed E-state index contributed by atoms with van der Waals surface area (Å²) in [6.45, 7) is -2.65. The quantitative estimate of drug-likeness (QED) is 0.364. The Morgan fingerprint density at radius 3 is 1.50 bits per heavy atom. The van der Waals surface area contributed by atoms with Gasteiger partial charge in [0, 0.05) is 7.11 Å². The molecule has 0 spiro atoms. The topological polar surface area (TPSA) is 68.2 Å². The van der Waals surface area contributed by atoms with Gasteiger partial charge in [-0.15, -0.1) is 0 Å². The molecule has 0 aliphatic carbocycles. The van der Waals surface area contributed by atoms with Gasteiger partial charge in [0.05, 0.1) is 19.9 Å². The van der Waals surface area contributed by atoms with Crippen molar-refractivity contribution in [2.24, 2.45) is 0 Å². The Labute approximate surface area is 162 Å². The number of ether oxygens (including phenoxy) is 2. The number of rotatable bonds is 9. The van der Waals surface area contributed by atoms with E-state index in [2.05, 4.69) is 14.4 Å². The predicted molar refractivity (Wildman–Crippen MR) is 76.4 cm³/mol. The highest BCUT2D eigenvalue weighted by atomic mass is 19.3. The predicted octanol–water partition coefficient (Wildman–Crippen LogP) is 4.82. The molecule has 2 N–H and O–H groups in total. The molecule has 30 heavy (non-hydrogen) atoms. The van der Waals surface area contributed by atoms with Crippen LogP contribution in [0, 0.1) is 0 Å². The first-order valence-corrected chi connectivity index (χ1v) is 7.03. The third-order valence-corrected chi connectivity index (χ3v) is 1.68. The van der Waals surface area contributed by atoms with Crippen molar-refractivity contribution >= 4 is 0 Å². The zero-order valence-corrected chi connectivity index (χ0v) is 15.0. The zero-order valence-electron chi connectivity index (χ0n) is 15.0. The number of hydrogen-bond donors (Lipinski definition) is 2. The summed E-state index contributed by atoms with van der Waals surface area (Å²) in [7, 11) is 1.42. The largest absolute Gasteiger partial charge is 0.388 e. The van der Waals surface area contributed by atoms with E-state index >= 15 is 0 Å². The fraction of sp³-hybridized carbons (Fsp3) is 0.692. The van der Waals surface area contributed by atoms with Gasteiger partial charge in [0.1, 0.15) is 19.3 Å². The van der Waals surface area contributed by atoms with Crippen molar-refractivity contribution in [1.82, 2.24) is 0 Å². The van der Waals surface area contributed by atoms with Gasteiger partial charge in [0.15, 0.2) is 0 Å². The van der Waals surface area contributed by atoms with Gasteiger partial charge in [0.2, 0.25) is 0 Å². The van der Waals surface area contributed by atoms with Crippen LogP contribution in [0.3, 0.4) is 0 Å². The summed E-state index contributed by atoms with van der Waals surface area (Å²) in [5.74, 6) is 0. The summed E-state index contributed by atoms with van der Waals surface area (Å²) in [4.78, 5) is 3.13. The molecule has 0 saturated carbocycles. The van der Waals surface area contributed by atoms with Gasteiger partial charge < -0.3 is 19.7 Å². The molecule has 0 bridgehead atoms. The Morgan fingerprint density at radius 1 is 0.867 bits per heavy atom. The number of methoxy groups -OCH3 is 1. The summed E-state index contributed by atoms with van der Waals surface area (Å²) in [6, 6.07) is 0. The van der Waals surface area contributed by atoms with Crippen LogP contribution in [0.15, 0.2) is 24.3 Å². The van der Waals surface area contributed by atoms with Crippen molar-refractivity contribution in [3.8, 4) is 0 Å². The maximum absolute atomic E-state index is 11.9. The molecule has 0 fully saturated rings. The smallest absolute Gasteiger partial charge is 0.378 e. The minimum atomic E-state index is -3.52. The lowest BCUT2D eigenvalue weighted by Crippen LogP contribution is -2.26. The van der Waals surface area contributed by atoms with E-state index < -0.39 is 49.8 Å². The Kier molecular flexibility index (Phi) is 28.3. The van der Waals surface area contributed by atoms with Crippen LogP contribution in [0.2, 0.25) is 0 Å². The lowest BCUT2D eigenvalue weighted by atomic mass is 10.4. The maximum atomic E-state index is 11.9. The van der Waals surface area contributed by atoms with E-state index in [0.717, 1.165) is 0 Å². The lowest BCUT2D eigenvalue weighted by Gasteiger charge is -2.12. The second-order valence-corrected chi connectivity index (χ2v) is 4.11. The molecule has 0 aromatic heterocycles. The van der Waals surface area contributed by atoms with E-state index in [9.17, 15) is 52.8 Å². The van der Waals surface area contributed by atoms with E-state index in [1.807, 2.05) is 0 Å². The van der Waals surface area contributed by atoms with E-state index in [4.69, 9.17) is 10.2 Å². The molecule has 184 valence electrons. The van der Waals surface area contributed by atoms with Crippen molar-refractivity contribution in [2.45, 2.75) is 18.6 Å². The first-order valence-electron chi connectivity index (χ1n) is 7.03. The third-order valence-electron chi connectivity index (χ3n) is 1.68. The third kappa shape index (κ3) is 37.2. The van der Waals surface area contributed by atoms with Crippen LogP contribution in [0.4, 0.5) is 52.8 Å². The minimum Gasteiger partial charge on any atom is -0.388 e. The average Bonchev–Trinajstić information content (AvgIpc) is 2.63. The molecule has 0 saturated heterocycles. The van der Waals surface area contributed by atoms with Gasteiger partial charge in [-0.1, -0.05) is 0 Å². The molecule has 0 aromatic carbocycles. The van der Waals surface area contributed by atoms with Crippen molar-refractivity contribution in [3.05, 3.63) is 24.3 Å². The molecule has 0 rings (SSSR count). The number of alkyl halides is 3. The number of aliphatic hydroxyl groups excluding tert-OH is 2. The van der Waals surface area contributed by atoms with Crippen LogP contribution >= 0.6 is 0 Å². The number of hydrogen-bond acceptors (Lipinski definition) is 5. The maximum Gasteiger partial charge on any atom is 0.378 e. The molecule has 0 aliphatic rings. The normalized spacial score (nSPS) is 10.9. The Balaban J connectivity index is -0.000000154. The van der Waals surface area contributed by atoms with Gasteiger partial charge in [-0.25, -0.2) is 0 Å². The van der Waals surface area contributed by atoms with Crippen LogP contribution < -0.4 is 0 Å². The summed E-state index contributed by atoms with van der Waals surface area (Å²) in [5, 5.41) is 16.5. The van der Waals surface area contributed by atoms with Gasteiger partial charge in [-0.2, -0.15) is 48.8 Å². The van der Waals surface area contributed by atoms with E-state index in [-0.39, 0.29) is 26.2 Å². The highest BCUT2D eigenvalue weighted by molar-refractivity contribution is 4.77. The molecule has 0 aliphatic heterocycles.